The normalized spacial score (nSPS) is 18.9. The standard InChI is InChI=1S/C11H23NO/c1-3-5-6-7-12-8-11(9-12)10-13-4-2/h11H,3-10H2,1-2H3. The molecule has 1 rings (SSSR count). The van der Waals surface area contributed by atoms with E-state index in [1.54, 1.807) is 0 Å². The zero-order valence-corrected chi connectivity index (χ0v) is 9.09. The lowest BCUT2D eigenvalue weighted by Gasteiger charge is -2.39. The molecule has 0 N–H and O–H groups in total. The van der Waals surface area contributed by atoms with E-state index in [1.807, 2.05) is 0 Å². The molecular formula is C11H23NO. The smallest absolute Gasteiger partial charge is 0.0518 e. The molecule has 2 nitrogen and oxygen atoms in total. The topological polar surface area (TPSA) is 12.5 Å². The van der Waals surface area contributed by atoms with Crippen molar-refractivity contribution in [1.82, 2.24) is 4.90 Å². The van der Waals surface area contributed by atoms with Crippen LogP contribution in [0.25, 0.3) is 0 Å². The molecule has 0 aliphatic carbocycles. The van der Waals surface area contributed by atoms with Gasteiger partial charge in [-0.2, -0.15) is 0 Å². The third-order valence-electron chi connectivity index (χ3n) is 2.67. The van der Waals surface area contributed by atoms with Crippen LogP contribution in [0.5, 0.6) is 0 Å². The minimum atomic E-state index is 0.821. The Morgan fingerprint density at radius 1 is 1.23 bits per heavy atom. The number of hydrogen-bond acceptors (Lipinski definition) is 2. The summed E-state index contributed by atoms with van der Waals surface area (Å²) in [7, 11) is 0. The fourth-order valence-electron chi connectivity index (χ4n) is 1.83. The monoisotopic (exact) mass is 185 g/mol. The van der Waals surface area contributed by atoms with Crippen LogP contribution in [-0.2, 0) is 4.74 Å². The van der Waals surface area contributed by atoms with Gasteiger partial charge in [-0.1, -0.05) is 19.8 Å². The molecule has 1 heterocycles. The van der Waals surface area contributed by atoms with E-state index in [0.717, 1.165) is 19.1 Å². The molecule has 0 atom stereocenters. The molecule has 0 amide bonds. The largest absolute Gasteiger partial charge is 0.381 e. The molecule has 0 radical (unpaired) electrons. The van der Waals surface area contributed by atoms with Gasteiger partial charge in [-0.3, -0.25) is 0 Å². The SMILES string of the molecule is CCCCCN1CC(COCC)C1. The molecule has 2 heteroatoms. The van der Waals surface area contributed by atoms with E-state index in [-0.39, 0.29) is 0 Å². The lowest BCUT2D eigenvalue weighted by molar-refractivity contribution is 0.0183. The summed E-state index contributed by atoms with van der Waals surface area (Å²) in [5.74, 6) is 0.821. The number of ether oxygens (including phenoxy) is 1. The molecule has 0 aromatic carbocycles. The van der Waals surface area contributed by atoms with Gasteiger partial charge in [0.1, 0.15) is 0 Å². The van der Waals surface area contributed by atoms with E-state index in [1.165, 1.54) is 38.9 Å². The summed E-state index contributed by atoms with van der Waals surface area (Å²) in [6.07, 6.45) is 4.08. The molecule has 0 unspecified atom stereocenters. The molecule has 1 saturated heterocycles. The first-order valence-electron chi connectivity index (χ1n) is 5.66. The maximum absolute atomic E-state index is 5.38. The van der Waals surface area contributed by atoms with Crippen molar-refractivity contribution in [2.24, 2.45) is 5.92 Å². The maximum Gasteiger partial charge on any atom is 0.0518 e. The summed E-state index contributed by atoms with van der Waals surface area (Å²) >= 11 is 0. The molecule has 0 aromatic heterocycles. The third kappa shape index (κ3) is 4.10. The molecule has 0 spiro atoms. The molecule has 1 fully saturated rings. The highest BCUT2D eigenvalue weighted by Gasteiger charge is 2.25. The Morgan fingerprint density at radius 2 is 2.00 bits per heavy atom. The summed E-state index contributed by atoms with van der Waals surface area (Å²) < 4.78 is 5.38. The van der Waals surface area contributed by atoms with Crippen LogP contribution in [0.15, 0.2) is 0 Å². The summed E-state index contributed by atoms with van der Waals surface area (Å²) in [4.78, 5) is 2.54. The van der Waals surface area contributed by atoms with Crippen molar-refractivity contribution in [3.05, 3.63) is 0 Å². The number of unbranched alkanes of at least 4 members (excludes halogenated alkanes) is 2. The Labute approximate surface area is 82.3 Å². The third-order valence-corrected chi connectivity index (χ3v) is 2.67. The summed E-state index contributed by atoms with van der Waals surface area (Å²) in [5, 5.41) is 0. The first kappa shape index (κ1) is 11.0. The van der Waals surface area contributed by atoms with Crippen molar-refractivity contribution >= 4 is 0 Å². The van der Waals surface area contributed by atoms with Crippen molar-refractivity contribution < 1.29 is 4.74 Å². The second-order valence-electron chi connectivity index (χ2n) is 3.99. The second-order valence-corrected chi connectivity index (χ2v) is 3.99. The molecular weight excluding hydrogens is 162 g/mol. The van der Waals surface area contributed by atoms with Crippen LogP contribution in [0.2, 0.25) is 0 Å². The van der Waals surface area contributed by atoms with Gasteiger partial charge in [-0.25, -0.2) is 0 Å². The predicted octanol–water partition coefficient (Wildman–Crippen LogP) is 2.14. The molecule has 78 valence electrons. The summed E-state index contributed by atoms with van der Waals surface area (Å²) in [5.41, 5.74) is 0. The number of nitrogens with zero attached hydrogens (tertiary/aromatic N) is 1. The number of likely N-dealkylation sites (tertiary alicyclic amines) is 1. The highest BCUT2D eigenvalue weighted by Crippen LogP contribution is 2.16. The van der Waals surface area contributed by atoms with Gasteiger partial charge in [0.05, 0.1) is 6.61 Å². The molecule has 1 aliphatic heterocycles. The fourth-order valence-corrected chi connectivity index (χ4v) is 1.83. The van der Waals surface area contributed by atoms with Crippen LogP contribution in [0.3, 0.4) is 0 Å². The van der Waals surface area contributed by atoms with Crippen molar-refractivity contribution in [3.63, 3.8) is 0 Å². The van der Waals surface area contributed by atoms with Crippen LogP contribution in [0.1, 0.15) is 33.1 Å². The first-order chi connectivity index (χ1) is 6.36. The molecule has 0 bridgehead atoms. The average molecular weight is 185 g/mol. The van der Waals surface area contributed by atoms with Gasteiger partial charge >= 0.3 is 0 Å². The van der Waals surface area contributed by atoms with Crippen molar-refractivity contribution in [3.8, 4) is 0 Å². The van der Waals surface area contributed by atoms with E-state index in [2.05, 4.69) is 18.7 Å². The van der Waals surface area contributed by atoms with Crippen molar-refractivity contribution in [2.45, 2.75) is 33.1 Å². The van der Waals surface area contributed by atoms with Crippen LogP contribution >= 0.6 is 0 Å². The van der Waals surface area contributed by atoms with Crippen LogP contribution in [0, 0.1) is 5.92 Å². The Hall–Kier alpha value is -0.0800. The van der Waals surface area contributed by atoms with Gasteiger partial charge < -0.3 is 9.64 Å². The summed E-state index contributed by atoms with van der Waals surface area (Å²) in [6, 6.07) is 0. The van der Waals surface area contributed by atoms with Crippen molar-refractivity contribution in [1.29, 1.82) is 0 Å². The zero-order valence-electron chi connectivity index (χ0n) is 9.09. The Bertz CT molecular complexity index is 121. The number of hydrogen-bond donors (Lipinski definition) is 0. The van der Waals surface area contributed by atoms with Crippen LogP contribution < -0.4 is 0 Å². The molecule has 13 heavy (non-hydrogen) atoms. The molecule has 1 aliphatic rings. The minimum absolute atomic E-state index is 0.821. The van der Waals surface area contributed by atoms with Gasteiger partial charge in [-0.15, -0.1) is 0 Å². The van der Waals surface area contributed by atoms with E-state index in [9.17, 15) is 0 Å². The Morgan fingerprint density at radius 3 is 2.62 bits per heavy atom. The van der Waals surface area contributed by atoms with Gasteiger partial charge in [0.25, 0.3) is 0 Å². The highest BCUT2D eigenvalue weighted by molar-refractivity contribution is 4.79. The van der Waals surface area contributed by atoms with E-state index in [0.29, 0.717) is 0 Å². The predicted molar refractivity (Wildman–Crippen MR) is 55.9 cm³/mol. The molecule has 0 saturated carbocycles. The van der Waals surface area contributed by atoms with Crippen LogP contribution in [-0.4, -0.2) is 37.7 Å². The fraction of sp³-hybridized carbons (Fsp3) is 1.00. The lowest BCUT2D eigenvalue weighted by atomic mass is 10.0. The average Bonchev–Trinajstić information content (AvgIpc) is 2.07. The Balaban J connectivity index is 1.87. The zero-order chi connectivity index (χ0) is 9.52. The van der Waals surface area contributed by atoms with Gasteiger partial charge in [-0.05, 0) is 19.9 Å². The maximum atomic E-state index is 5.38. The molecule has 0 aromatic rings. The van der Waals surface area contributed by atoms with Gasteiger partial charge in [0, 0.05) is 25.6 Å². The Kier molecular flexibility index (Phi) is 5.40. The minimum Gasteiger partial charge on any atom is -0.381 e. The van der Waals surface area contributed by atoms with E-state index < -0.39 is 0 Å². The number of rotatable bonds is 7. The van der Waals surface area contributed by atoms with Gasteiger partial charge in [0.15, 0.2) is 0 Å². The van der Waals surface area contributed by atoms with Gasteiger partial charge in [0.2, 0.25) is 0 Å². The quantitative estimate of drug-likeness (QED) is 0.563. The van der Waals surface area contributed by atoms with E-state index in [4.69, 9.17) is 4.74 Å². The van der Waals surface area contributed by atoms with Crippen LogP contribution in [0.4, 0.5) is 0 Å². The van der Waals surface area contributed by atoms with E-state index >= 15 is 0 Å². The summed E-state index contributed by atoms with van der Waals surface area (Å²) in [6.45, 7) is 10.0. The lowest BCUT2D eigenvalue weighted by Crippen LogP contribution is -2.48. The first-order valence-corrected chi connectivity index (χ1v) is 5.66. The second kappa shape index (κ2) is 6.39. The van der Waals surface area contributed by atoms with Crippen molar-refractivity contribution in [2.75, 3.05) is 32.8 Å². The highest BCUT2D eigenvalue weighted by atomic mass is 16.5.